The van der Waals surface area contributed by atoms with Crippen LogP contribution in [0, 0.1) is 0 Å². The van der Waals surface area contributed by atoms with Crippen molar-refractivity contribution in [3.63, 3.8) is 0 Å². The topological polar surface area (TPSA) is 94.6 Å². The van der Waals surface area contributed by atoms with Crippen molar-refractivity contribution < 1.29 is 23.9 Å². The number of aromatic nitrogens is 1. The van der Waals surface area contributed by atoms with Crippen LogP contribution in [-0.4, -0.2) is 35.5 Å². The highest BCUT2D eigenvalue weighted by atomic mass is 32.1. The van der Waals surface area contributed by atoms with Gasteiger partial charge in [-0.3, -0.25) is 9.78 Å². The third kappa shape index (κ3) is 4.90. The van der Waals surface area contributed by atoms with Gasteiger partial charge in [0.25, 0.3) is 5.91 Å². The average molecular weight is 424 g/mol. The van der Waals surface area contributed by atoms with Crippen LogP contribution in [0.2, 0.25) is 0 Å². The van der Waals surface area contributed by atoms with Gasteiger partial charge in [0.05, 0.1) is 12.2 Å². The number of amides is 1. The Labute approximate surface area is 177 Å². The molecule has 0 aliphatic heterocycles. The van der Waals surface area contributed by atoms with E-state index < -0.39 is 23.9 Å². The van der Waals surface area contributed by atoms with Crippen LogP contribution in [0.25, 0.3) is 11.1 Å². The molecule has 0 fully saturated rings. The van der Waals surface area contributed by atoms with Crippen LogP contribution in [0.3, 0.4) is 0 Å². The van der Waals surface area contributed by atoms with Crippen molar-refractivity contribution in [1.82, 2.24) is 4.98 Å². The van der Waals surface area contributed by atoms with E-state index in [-0.39, 0.29) is 12.2 Å². The zero-order valence-electron chi connectivity index (χ0n) is 16.5. The molecule has 154 valence electrons. The van der Waals surface area contributed by atoms with E-state index in [0.717, 1.165) is 5.56 Å². The average Bonchev–Trinajstić information content (AvgIpc) is 3.18. The molecule has 30 heavy (non-hydrogen) atoms. The highest BCUT2D eigenvalue weighted by Crippen LogP contribution is 2.36. The van der Waals surface area contributed by atoms with E-state index in [9.17, 15) is 14.4 Å². The normalized spacial score (nSPS) is 11.4. The molecule has 0 bridgehead atoms. The number of hydrogen-bond donors (Lipinski definition) is 1. The Balaban J connectivity index is 1.80. The maximum absolute atomic E-state index is 12.6. The number of esters is 2. The van der Waals surface area contributed by atoms with Crippen molar-refractivity contribution in [2.75, 3.05) is 11.9 Å². The highest BCUT2D eigenvalue weighted by Gasteiger charge is 2.25. The van der Waals surface area contributed by atoms with Crippen LogP contribution in [0.15, 0.2) is 60.2 Å². The molecule has 7 nitrogen and oxygen atoms in total. The van der Waals surface area contributed by atoms with Gasteiger partial charge >= 0.3 is 11.9 Å². The van der Waals surface area contributed by atoms with Gasteiger partial charge in [0.1, 0.15) is 10.6 Å². The van der Waals surface area contributed by atoms with E-state index in [4.69, 9.17) is 9.47 Å². The van der Waals surface area contributed by atoms with Crippen LogP contribution < -0.4 is 5.32 Å². The molecule has 1 atom stereocenters. The molecule has 2 heterocycles. The molecule has 1 unspecified atom stereocenters. The zero-order chi connectivity index (χ0) is 21.5. The number of rotatable bonds is 7. The lowest BCUT2D eigenvalue weighted by Gasteiger charge is -2.14. The second-order valence-electron chi connectivity index (χ2n) is 6.21. The summed E-state index contributed by atoms with van der Waals surface area (Å²) >= 11 is 1.20. The summed E-state index contributed by atoms with van der Waals surface area (Å²) in [5.74, 6) is -1.72. The second kappa shape index (κ2) is 9.80. The van der Waals surface area contributed by atoms with E-state index in [1.807, 2.05) is 30.3 Å². The molecule has 3 rings (SSSR count). The van der Waals surface area contributed by atoms with E-state index >= 15 is 0 Å². The largest absolute Gasteiger partial charge is 0.462 e. The molecule has 0 spiro atoms. The van der Waals surface area contributed by atoms with Gasteiger partial charge in [-0.05, 0) is 31.5 Å². The molecule has 8 heteroatoms. The SMILES string of the molecule is CCOC(=O)c1c(-c2ccccc2)csc1NC(=O)C(C)OC(=O)c1ccncc1. The molecule has 0 saturated heterocycles. The minimum Gasteiger partial charge on any atom is -0.462 e. The number of thiophene rings is 1. The number of ether oxygens (including phenoxy) is 2. The second-order valence-corrected chi connectivity index (χ2v) is 7.09. The maximum atomic E-state index is 12.6. The van der Waals surface area contributed by atoms with Crippen LogP contribution in [0.1, 0.15) is 34.6 Å². The third-order valence-corrected chi connectivity index (χ3v) is 5.06. The predicted octanol–water partition coefficient (Wildman–Crippen LogP) is 4.17. The molecule has 1 N–H and O–H groups in total. The van der Waals surface area contributed by atoms with Gasteiger partial charge in [-0.25, -0.2) is 9.59 Å². The molecular formula is C22H20N2O5S. The van der Waals surface area contributed by atoms with Gasteiger partial charge in [-0.15, -0.1) is 11.3 Å². The zero-order valence-corrected chi connectivity index (χ0v) is 17.3. The molecule has 0 aliphatic rings. The van der Waals surface area contributed by atoms with E-state index in [1.54, 1.807) is 12.3 Å². The lowest BCUT2D eigenvalue weighted by Crippen LogP contribution is -2.30. The van der Waals surface area contributed by atoms with Crippen molar-refractivity contribution in [3.05, 3.63) is 71.4 Å². The number of hydrogen-bond acceptors (Lipinski definition) is 7. The van der Waals surface area contributed by atoms with Crippen LogP contribution in [-0.2, 0) is 14.3 Å². The molecule has 0 saturated carbocycles. The molecule has 0 aliphatic carbocycles. The van der Waals surface area contributed by atoms with Crippen LogP contribution in [0.5, 0.6) is 0 Å². The quantitative estimate of drug-likeness (QED) is 0.572. The fourth-order valence-electron chi connectivity index (χ4n) is 2.67. The number of nitrogens with one attached hydrogen (secondary N) is 1. The van der Waals surface area contributed by atoms with Gasteiger partial charge in [-0.1, -0.05) is 30.3 Å². The Morgan fingerprint density at radius 1 is 1.07 bits per heavy atom. The standard InChI is InChI=1S/C22H20N2O5S/c1-3-28-22(27)18-17(15-7-5-4-6-8-15)13-30-20(18)24-19(25)14(2)29-21(26)16-9-11-23-12-10-16/h4-14H,3H2,1-2H3,(H,24,25). The lowest BCUT2D eigenvalue weighted by atomic mass is 10.0. The first kappa shape index (κ1) is 21.2. The molecule has 3 aromatic rings. The van der Waals surface area contributed by atoms with Crippen molar-refractivity contribution in [2.24, 2.45) is 0 Å². The van der Waals surface area contributed by atoms with Gasteiger partial charge in [0.2, 0.25) is 0 Å². The summed E-state index contributed by atoms with van der Waals surface area (Å²) in [6, 6.07) is 12.3. The Kier molecular flexibility index (Phi) is 6.92. The van der Waals surface area contributed by atoms with Crippen LogP contribution in [0.4, 0.5) is 5.00 Å². The molecule has 2 aromatic heterocycles. The van der Waals surface area contributed by atoms with Crippen LogP contribution >= 0.6 is 11.3 Å². The minimum absolute atomic E-state index is 0.205. The summed E-state index contributed by atoms with van der Waals surface area (Å²) in [6.07, 6.45) is 1.86. The Hall–Kier alpha value is -3.52. The number of pyridine rings is 1. The summed E-state index contributed by atoms with van der Waals surface area (Å²) in [7, 11) is 0. The highest BCUT2D eigenvalue weighted by molar-refractivity contribution is 7.15. The summed E-state index contributed by atoms with van der Waals surface area (Å²) in [6.45, 7) is 3.38. The first-order valence-electron chi connectivity index (χ1n) is 9.27. The first-order chi connectivity index (χ1) is 14.5. The summed E-state index contributed by atoms with van der Waals surface area (Å²) in [4.78, 5) is 41.2. The number of benzene rings is 1. The predicted molar refractivity (Wildman–Crippen MR) is 113 cm³/mol. The van der Waals surface area contributed by atoms with Crippen molar-refractivity contribution in [3.8, 4) is 11.1 Å². The Bertz CT molecular complexity index is 1030. The fraction of sp³-hybridized carbons (Fsp3) is 0.182. The van der Waals surface area contributed by atoms with Gasteiger partial charge in [-0.2, -0.15) is 0 Å². The third-order valence-electron chi connectivity index (χ3n) is 4.16. The lowest BCUT2D eigenvalue weighted by molar-refractivity contribution is -0.123. The smallest absolute Gasteiger partial charge is 0.341 e. The fourth-order valence-corrected chi connectivity index (χ4v) is 3.63. The van der Waals surface area contributed by atoms with Crippen molar-refractivity contribution in [1.29, 1.82) is 0 Å². The van der Waals surface area contributed by atoms with E-state index in [2.05, 4.69) is 10.3 Å². The molecule has 1 amide bonds. The van der Waals surface area contributed by atoms with Crippen molar-refractivity contribution in [2.45, 2.75) is 20.0 Å². The molecule has 1 aromatic carbocycles. The molecule has 0 radical (unpaired) electrons. The number of anilines is 1. The van der Waals surface area contributed by atoms with Gasteiger partial charge in [0.15, 0.2) is 6.10 Å². The van der Waals surface area contributed by atoms with Gasteiger partial charge in [0, 0.05) is 23.3 Å². The van der Waals surface area contributed by atoms with E-state index in [1.165, 1.54) is 42.8 Å². The van der Waals surface area contributed by atoms with E-state index in [0.29, 0.717) is 16.1 Å². The van der Waals surface area contributed by atoms with Gasteiger partial charge < -0.3 is 14.8 Å². The number of carbonyl (C=O) groups excluding carboxylic acids is 3. The minimum atomic E-state index is -1.07. The summed E-state index contributed by atoms with van der Waals surface area (Å²) < 4.78 is 10.4. The van der Waals surface area contributed by atoms with Crippen molar-refractivity contribution >= 4 is 34.2 Å². The first-order valence-corrected chi connectivity index (χ1v) is 10.1. The summed E-state index contributed by atoms with van der Waals surface area (Å²) in [5, 5.41) is 4.81. The Morgan fingerprint density at radius 2 is 1.77 bits per heavy atom. The summed E-state index contributed by atoms with van der Waals surface area (Å²) in [5.41, 5.74) is 2.05. The monoisotopic (exact) mass is 424 g/mol. The maximum Gasteiger partial charge on any atom is 0.341 e. The number of carbonyl (C=O) groups is 3. The Morgan fingerprint density at radius 3 is 2.43 bits per heavy atom. The molecular weight excluding hydrogens is 404 g/mol. The number of nitrogens with zero attached hydrogens (tertiary/aromatic N) is 1.